The molecule has 0 saturated carbocycles. The number of carbonyl (C=O) groups is 2. The lowest BCUT2D eigenvalue weighted by Gasteiger charge is -2.40. The van der Waals surface area contributed by atoms with Crippen LogP contribution in [-0.2, 0) is 5.41 Å². The van der Waals surface area contributed by atoms with Gasteiger partial charge in [-0.25, -0.2) is 0 Å². The number of benzene rings is 6. The average Bonchev–Trinajstić information content (AvgIpc) is 3.24. The molecule has 1 atom stereocenters. The molecule has 2 heteroatoms. The van der Waals surface area contributed by atoms with Crippen LogP contribution in [-0.4, -0.2) is 11.6 Å². The van der Waals surface area contributed by atoms with Crippen molar-refractivity contribution in [3.63, 3.8) is 0 Å². The summed E-state index contributed by atoms with van der Waals surface area (Å²) in [7, 11) is 0. The zero-order chi connectivity index (χ0) is 29.5. The maximum absolute atomic E-state index is 13.4. The summed E-state index contributed by atoms with van der Waals surface area (Å²) in [5.74, 6) is -0.251. The molecule has 0 spiro atoms. The summed E-state index contributed by atoms with van der Waals surface area (Å²) in [6.45, 7) is 6.77. The minimum Gasteiger partial charge on any atom is -0.288 e. The van der Waals surface area contributed by atoms with Crippen LogP contribution in [0.5, 0.6) is 0 Å². The van der Waals surface area contributed by atoms with E-state index in [1.807, 2.05) is 42.5 Å². The van der Waals surface area contributed by atoms with E-state index in [9.17, 15) is 9.59 Å². The molecule has 206 valence electrons. The third-order valence-electron chi connectivity index (χ3n) is 9.54. The molecule has 0 aromatic heterocycles. The molecule has 0 aliphatic heterocycles. The van der Waals surface area contributed by atoms with Crippen LogP contribution >= 0.6 is 0 Å². The number of carbonyl (C=O) groups excluding carboxylic acids is 2. The third kappa shape index (κ3) is 3.79. The van der Waals surface area contributed by atoms with Crippen molar-refractivity contribution < 1.29 is 9.59 Å². The highest BCUT2D eigenvalue weighted by atomic mass is 16.2. The Balaban J connectivity index is 1.26. The fourth-order valence-corrected chi connectivity index (χ4v) is 7.44. The molecule has 6 aromatic rings. The van der Waals surface area contributed by atoms with Gasteiger partial charge in [-0.2, -0.15) is 0 Å². The summed E-state index contributed by atoms with van der Waals surface area (Å²) < 4.78 is 0. The first kappa shape index (κ1) is 25.6. The quantitative estimate of drug-likeness (QED) is 0.158. The number of ketones is 2. The van der Waals surface area contributed by atoms with Gasteiger partial charge in [-0.05, 0) is 86.1 Å². The van der Waals surface area contributed by atoms with E-state index < -0.39 is 0 Å². The molecule has 6 aromatic carbocycles. The molecule has 43 heavy (non-hydrogen) atoms. The summed E-state index contributed by atoms with van der Waals surface area (Å²) in [6, 6.07) is 40.1. The zero-order valence-electron chi connectivity index (χ0n) is 24.4. The Hall–Kier alpha value is -5.08. The van der Waals surface area contributed by atoms with Crippen LogP contribution in [0.1, 0.15) is 79.4 Å². The standard InChI is InChI=1S/C41H30O2/c1-24-12-15-26(16-13-24)37-31-10-6-7-11-36(31)41(2,3)38-30-18-14-25(20-29(30)17-19-32(37)38)21-35-39(42)33-22-27-8-4-5-9-28(27)23-34(33)40(35)43/h4-23,37H,1-3H3. The molecule has 0 fully saturated rings. The van der Waals surface area contributed by atoms with Crippen LogP contribution in [0.3, 0.4) is 0 Å². The van der Waals surface area contributed by atoms with E-state index in [4.69, 9.17) is 0 Å². The Bertz CT molecular complexity index is 2140. The highest BCUT2D eigenvalue weighted by Crippen LogP contribution is 2.51. The first-order chi connectivity index (χ1) is 20.8. The second-order valence-electron chi connectivity index (χ2n) is 12.5. The average molecular weight is 555 g/mol. The summed E-state index contributed by atoms with van der Waals surface area (Å²) in [4.78, 5) is 26.8. The van der Waals surface area contributed by atoms with Gasteiger partial charge in [0.1, 0.15) is 0 Å². The lowest BCUT2D eigenvalue weighted by atomic mass is 9.62. The topological polar surface area (TPSA) is 34.1 Å². The van der Waals surface area contributed by atoms with Crippen molar-refractivity contribution in [2.75, 3.05) is 0 Å². The maximum atomic E-state index is 13.4. The van der Waals surface area contributed by atoms with Crippen LogP contribution in [0, 0.1) is 6.92 Å². The predicted octanol–water partition coefficient (Wildman–Crippen LogP) is 9.58. The minimum atomic E-state index is -0.201. The molecule has 0 amide bonds. The van der Waals surface area contributed by atoms with Crippen LogP contribution in [0.15, 0.2) is 121 Å². The molecule has 0 N–H and O–H groups in total. The monoisotopic (exact) mass is 554 g/mol. The van der Waals surface area contributed by atoms with Crippen molar-refractivity contribution in [2.24, 2.45) is 0 Å². The number of hydrogen-bond donors (Lipinski definition) is 0. The third-order valence-corrected chi connectivity index (χ3v) is 9.54. The summed E-state index contributed by atoms with van der Waals surface area (Å²) >= 11 is 0. The van der Waals surface area contributed by atoms with Gasteiger partial charge in [0.25, 0.3) is 0 Å². The predicted molar refractivity (Wildman–Crippen MR) is 175 cm³/mol. The molecule has 2 aliphatic carbocycles. The van der Waals surface area contributed by atoms with E-state index in [-0.39, 0.29) is 28.5 Å². The van der Waals surface area contributed by atoms with Gasteiger partial charge in [-0.1, -0.05) is 116 Å². The fourth-order valence-electron chi connectivity index (χ4n) is 7.44. The second kappa shape index (κ2) is 9.21. The van der Waals surface area contributed by atoms with Crippen molar-refractivity contribution in [1.82, 2.24) is 0 Å². The molecule has 2 aliphatic rings. The van der Waals surface area contributed by atoms with Gasteiger partial charge in [0.05, 0.1) is 5.57 Å². The van der Waals surface area contributed by atoms with Crippen LogP contribution in [0.4, 0.5) is 0 Å². The Kier molecular flexibility index (Phi) is 5.49. The molecular weight excluding hydrogens is 524 g/mol. The Labute approximate surface area is 251 Å². The SMILES string of the molecule is Cc1ccc(C2c3ccccc3C(C)(C)c3c2ccc2cc(C=C4C(=O)c5cc6ccccc6cc5C4=O)ccc32)cc1. The number of Topliss-reactive ketones (excluding diaryl/α,β-unsaturated/α-hetero) is 2. The van der Waals surface area contributed by atoms with Gasteiger partial charge in [0.2, 0.25) is 0 Å². The number of aryl methyl sites for hydroxylation is 1. The molecule has 8 rings (SSSR count). The number of fused-ring (bicyclic) bond motifs is 6. The van der Waals surface area contributed by atoms with Gasteiger partial charge < -0.3 is 0 Å². The van der Waals surface area contributed by atoms with Crippen LogP contribution < -0.4 is 0 Å². The summed E-state index contributed by atoms with van der Waals surface area (Å²) in [5, 5.41) is 4.23. The van der Waals surface area contributed by atoms with Gasteiger partial charge in [0.15, 0.2) is 11.6 Å². The van der Waals surface area contributed by atoms with E-state index in [1.54, 1.807) is 6.08 Å². The van der Waals surface area contributed by atoms with Crippen molar-refractivity contribution in [3.05, 3.63) is 171 Å². The summed E-state index contributed by atoms with van der Waals surface area (Å²) in [5.41, 5.74) is 9.78. The minimum absolute atomic E-state index is 0.147. The Morgan fingerprint density at radius 1 is 0.628 bits per heavy atom. The molecule has 0 heterocycles. The fraction of sp³-hybridized carbons (Fsp3) is 0.122. The van der Waals surface area contributed by atoms with Crippen LogP contribution in [0.2, 0.25) is 0 Å². The van der Waals surface area contributed by atoms with E-state index in [2.05, 4.69) is 93.6 Å². The highest BCUT2D eigenvalue weighted by molar-refractivity contribution is 6.42. The molecule has 2 nitrogen and oxygen atoms in total. The van der Waals surface area contributed by atoms with Crippen molar-refractivity contribution in [1.29, 1.82) is 0 Å². The van der Waals surface area contributed by atoms with Gasteiger partial charge >= 0.3 is 0 Å². The highest BCUT2D eigenvalue weighted by Gasteiger charge is 2.39. The van der Waals surface area contributed by atoms with E-state index >= 15 is 0 Å². The van der Waals surface area contributed by atoms with Gasteiger partial charge in [-0.15, -0.1) is 0 Å². The van der Waals surface area contributed by atoms with Crippen molar-refractivity contribution in [3.8, 4) is 0 Å². The number of allylic oxidation sites excluding steroid dienone is 1. The zero-order valence-corrected chi connectivity index (χ0v) is 24.4. The lowest BCUT2D eigenvalue weighted by Crippen LogP contribution is -2.30. The number of hydrogen-bond acceptors (Lipinski definition) is 2. The van der Waals surface area contributed by atoms with Crippen molar-refractivity contribution >= 4 is 39.2 Å². The molecule has 0 bridgehead atoms. The maximum Gasteiger partial charge on any atom is 0.197 e. The molecule has 1 unspecified atom stereocenters. The summed E-state index contributed by atoms with van der Waals surface area (Å²) in [6.07, 6.45) is 1.77. The first-order valence-electron chi connectivity index (χ1n) is 14.9. The van der Waals surface area contributed by atoms with Gasteiger partial charge in [-0.3, -0.25) is 9.59 Å². The second-order valence-corrected chi connectivity index (χ2v) is 12.5. The lowest BCUT2D eigenvalue weighted by molar-refractivity contribution is 0.0990. The van der Waals surface area contributed by atoms with Crippen molar-refractivity contribution in [2.45, 2.75) is 32.1 Å². The molecule has 0 radical (unpaired) electrons. The van der Waals surface area contributed by atoms with Crippen LogP contribution in [0.25, 0.3) is 27.6 Å². The Morgan fingerprint density at radius 3 is 1.98 bits per heavy atom. The van der Waals surface area contributed by atoms with E-state index in [0.29, 0.717) is 11.1 Å². The smallest absolute Gasteiger partial charge is 0.197 e. The van der Waals surface area contributed by atoms with E-state index in [1.165, 1.54) is 38.8 Å². The normalized spacial score (nSPS) is 16.7. The van der Waals surface area contributed by atoms with E-state index in [0.717, 1.165) is 21.7 Å². The Morgan fingerprint density at radius 2 is 1.28 bits per heavy atom. The largest absolute Gasteiger partial charge is 0.288 e. The molecular formula is C41H30O2. The molecule has 0 saturated heterocycles. The number of rotatable bonds is 2. The first-order valence-corrected chi connectivity index (χ1v) is 14.9. The van der Waals surface area contributed by atoms with Gasteiger partial charge in [0, 0.05) is 22.5 Å².